The summed E-state index contributed by atoms with van der Waals surface area (Å²) in [5.74, 6) is 0.00468. The summed E-state index contributed by atoms with van der Waals surface area (Å²) in [6.45, 7) is 3.96. The van der Waals surface area contributed by atoms with E-state index in [2.05, 4.69) is 15.4 Å². The Morgan fingerprint density at radius 3 is 2.75 bits per heavy atom. The number of morpholine rings is 1. The van der Waals surface area contributed by atoms with Crippen LogP contribution in [0.15, 0.2) is 36.9 Å². The maximum Gasteiger partial charge on any atom is 0.253 e. The number of aromatic nitrogens is 3. The predicted octanol–water partition coefficient (Wildman–Crippen LogP) is 1.20. The molecule has 1 N–H and O–H groups in total. The number of carbonyl (C=O) groups is 1. The molecule has 0 aliphatic carbocycles. The van der Waals surface area contributed by atoms with Crippen LogP contribution in [0, 0.1) is 0 Å². The molecule has 8 heteroatoms. The lowest BCUT2D eigenvalue weighted by atomic mass is 10.1. The molecular weight excluding hydrogens is 330 g/mol. The van der Waals surface area contributed by atoms with Gasteiger partial charge >= 0.3 is 0 Å². The molecule has 7 nitrogen and oxygen atoms in total. The van der Waals surface area contributed by atoms with E-state index >= 15 is 0 Å². The van der Waals surface area contributed by atoms with E-state index in [1.807, 2.05) is 38.2 Å². The van der Waals surface area contributed by atoms with Crippen molar-refractivity contribution in [1.82, 2.24) is 25.0 Å². The van der Waals surface area contributed by atoms with Crippen LogP contribution in [0.25, 0.3) is 5.69 Å². The highest BCUT2D eigenvalue weighted by atomic mass is 35.5. The van der Waals surface area contributed by atoms with Gasteiger partial charge in [0.2, 0.25) is 0 Å². The van der Waals surface area contributed by atoms with Crippen molar-refractivity contribution >= 4 is 18.3 Å². The van der Waals surface area contributed by atoms with E-state index in [0.29, 0.717) is 13.2 Å². The Kier molecular flexibility index (Phi) is 6.30. The van der Waals surface area contributed by atoms with E-state index in [-0.39, 0.29) is 24.4 Å². The maximum absolute atomic E-state index is 12.5. The summed E-state index contributed by atoms with van der Waals surface area (Å²) in [7, 11) is 1.82. The monoisotopic (exact) mass is 351 g/mol. The number of amides is 1. The molecule has 2 heterocycles. The number of carbonyl (C=O) groups excluding carboxylic acids is 1. The van der Waals surface area contributed by atoms with Crippen LogP contribution in [0.3, 0.4) is 0 Å². The van der Waals surface area contributed by atoms with Gasteiger partial charge in [0, 0.05) is 20.1 Å². The molecular formula is C16H22ClN5O2. The normalized spacial score (nSPS) is 18.5. The van der Waals surface area contributed by atoms with Crippen molar-refractivity contribution in [2.45, 2.75) is 19.1 Å². The van der Waals surface area contributed by atoms with Crippen molar-refractivity contribution in [2.75, 3.05) is 26.7 Å². The van der Waals surface area contributed by atoms with Gasteiger partial charge in [0.15, 0.2) is 0 Å². The number of ether oxygens (including phenoxy) is 1. The van der Waals surface area contributed by atoms with E-state index in [1.54, 1.807) is 15.9 Å². The predicted molar refractivity (Wildman–Crippen MR) is 92.4 cm³/mol. The SMILES string of the molecule is CC(c1ccc(-n2cncn2)cc1)N(C)C(=O)C1CNCCO1.Cl. The number of likely N-dealkylation sites (N-methyl/N-ethyl adjacent to an activating group) is 1. The van der Waals surface area contributed by atoms with Crippen molar-refractivity contribution in [2.24, 2.45) is 0 Å². The van der Waals surface area contributed by atoms with Gasteiger partial charge in [-0.25, -0.2) is 9.67 Å². The van der Waals surface area contributed by atoms with E-state index in [1.165, 1.54) is 6.33 Å². The average Bonchev–Trinajstić information content (AvgIpc) is 3.15. The van der Waals surface area contributed by atoms with Gasteiger partial charge in [-0.15, -0.1) is 12.4 Å². The Morgan fingerprint density at radius 2 is 2.17 bits per heavy atom. The maximum atomic E-state index is 12.5. The van der Waals surface area contributed by atoms with Crippen molar-refractivity contribution in [3.05, 3.63) is 42.5 Å². The molecule has 1 aliphatic rings. The second kappa shape index (κ2) is 8.23. The van der Waals surface area contributed by atoms with Crippen LogP contribution in [0.4, 0.5) is 0 Å². The van der Waals surface area contributed by atoms with Crippen molar-refractivity contribution < 1.29 is 9.53 Å². The lowest BCUT2D eigenvalue weighted by Crippen LogP contribution is -2.48. The van der Waals surface area contributed by atoms with Gasteiger partial charge in [0.05, 0.1) is 18.3 Å². The number of hydrogen-bond donors (Lipinski definition) is 1. The number of nitrogens with zero attached hydrogens (tertiary/aromatic N) is 4. The molecule has 2 atom stereocenters. The van der Waals surface area contributed by atoms with Crippen molar-refractivity contribution in [1.29, 1.82) is 0 Å². The highest BCUT2D eigenvalue weighted by Gasteiger charge is 2.27. The summed E-state index contributed by atoms with van der Waals surface area (Å²) in [6.07, 6.45) is 2.76. The Labute approximate surface area is 147 Å². The minimum atomic E-state index is -0.398. The van der Waals surface area contributed by atoms with Gasteiger partial charge in [-0.1, -0.05) is 12.1 Å². The van der Waals surface area contributed by atoms with Crippen LogP contribution in [0.1, 0.15) is 18.5 Å². The average molecular weight is 352 g/mol. The number of nitrogens with one attached hydrogen (secondary N) is 1. The van der Waals surface area contributed by atoms with Gasteiger partial charge in [0.1, 0.15) is 18.8 Å². The zero-order chi connectivity index (χ0) is 16.2. The third-order valence-corrected chi connectivity index (χ3v) is 4.19. The molecule has 1 amide bonds. The van der Waals surface area contributed by atoms with Crippen LogP contribution >= 0.6 is 12.4 Å². The van der Waals surface area contributed by atoms with Gasteiger partial charge < -0.3 is 15.0 Å². The lowest BCUT2D eigenvalue weighted by Gasteiger charge is -2.31. The molecule has 1 saturated heterocycles. The van der Waals surface area contributed by atoms with Crippen molar-refractivity contribution in [3.8, 4) is 5.69 Å². The van der Waals surface area contributed by atoms with E-state index in [4.69, 9.17) is 4.74 Å². The molecule has 1 aromatic carbocycles. The zero-order valence-corrected chi connectivity index (χ0v) is 14.6. The fraction of sp³-hybridized carbons (Fsp3) is 0.438. The first-order valence-electron chi connectivity index (χ1n) is 7.71. The summed E-state index contributed by atoms with van der Waals surface area (Å²) in [4.78, 5) is 18.2. The molecule has 2 unspecified atom stereocenters. The van der Waals surface area contributed by atoms with Crippen LogP contribution in [0.2, 0.25) is 0 Å². The fourth-order valence-electron chi connectivity index (χ4n) is 2.61. The van der Waals surface area contributed by atoms with Crippen LogP contribution < -0.4 is 5.32 Å². The number of rotatable bonds is 4. The molecule has 24 heavy (non-hydrogen) atoms. The minimum Gasteiger partial charge on any atom is -0.366 e. The Morgan fingerprint density at radius 1 is 1.42 bits per heavy atom. The molecule has 3 rings (SSSR count). The molecule has 130 valence electrons. The van der Waals surface area contributed by atoms with Crippen LogP contribution in [0.5, 0.6) is 0 Å². The summed E-state index contributed by atoms with van der Waals surface area (Å²) in [5, 5.41) is 7.29. The first kappa shape index (κ1) is 18.4. The quantitative estimate of drug-likeness (QED) is 0.896. The van der Waals surface area contributed by atoms with Crippen LogP contribution in [-0.4, -0.2) is 58.4 Å². The molecule has 0 bridgehead atoms. The van der Waals surface area contributed by atoms with Gasteiger partial charge in [-0.05, 0) is 24.6 Å². The lowest BCUT2D eigenvalue weighted by molar-refractivity contribution is -0.145. The van der Waals surface area contributed by atoms with Crippen molar-refractivity contribution in [3.63, 3.8) is 0 Å². The summed E-state index contributed by atoms with van der Waals surface area (Å²) < 4.78 is 7.24. The standard InChI is InChI=1S/C16H21N5O2.ClH/c1-12(20(2)16(22)15-9-17-7-8-23-15)13-3-5-14(6-4-13)21-11-18-10-19-21;/h3-6,10-12,15,17H,7-9H2,1-2H3;1H. The summed E-state index contributed by atoms with van der Waals surface area (Å²) in [5.41, 5.74) is 2.00. The summed E-state index contributed by atoms with van der Waals surface area (Å²) in [6, 6.07) is 7.92. The van der Waals surface area contributed by atoms with Gasteiger partial charge in [-0.2, -0.15) is 5.10 Å². The Hall–Kier alpha value is -1.96. The highest BCUT2D eigenvalue weighted by Crippen LogP contribution is 2.21. The molecule has 1 aliphatic heterocycles. The Bertz CT molecular complexity index is 641. The number of benzene rings is 1. The minimum absolute atomic E-state index is 0. The highest BCUT2D eigenvalue weighted by molar-refractivity contribution is 5.85. The largest absolute Gasteiger partial charge is 0.366 e. The molecule has 0 radical (unpaired) electrons. The molecule has 0 spiro atoms. The smallest absolute Gasteiger partial charge is 0.253 e. The second-order valence-corrected chi connectivity index (χ2v) is 5.62. The van der Waals surface area contributed by atoms with Gasteiger partial charge in [-0.3, -0.25) is 4.79 Å². The summed E-state index contributed by atoms with van der Waals surface area (Å²) >= 11 is 0. The first-order chi connectivity index (χ1) is 11.2. The van der Waals surface area contributed by atoms with Gasteiger partial charge in [0.25, 0.3) is 5.91 Å². The number of halogens is 1. The Balaban J connectivity index is 0.00000208. The second-order valence-electron chi connectivity index (χ2n) is 5.62. The number of hydrogen-bond acceptors (Lipinski definition) is 5. The molecule has 2 aromatic rings. The molecule has 1 aromatic heterocycles. The first-order valence-corrected chi connectivity index (χ1v) is 7.71. The van der Waals surface area contributed by atoms with E-state index in [9.17, 15) is 4.79 Å². The molecule has 1 fully saturated rings. The zero-order valence-electron chi connectivity index (χ0n) is 13.8. The van der Waals surface area contributed by atoms with E-state index in [0.717, 1.165) is 17.8 Å². The third kappa shape index (κ3) is 3.92. The molecule has 0 saturated carbocycles. The topological polar surface area (TPSA) is 72.3 Å². The van der Waals surface area contributed by atoms with E-state index < -0.39 is 6.10 Å². The third-order valence-electron chi connectivity index (χ3n) is 4.19. The fourth-order valence-corrected chi connectivity index (χ4v) is 2.61. The van der Waals surface area contributed by atoms with Crippen LogP contribution in [-0.2, 0) is 9.53 Å².